The van der Waals surface area contributed by atoms with Gasteiger partial charge >= 0.3 is 0 Å². The van der Waals surface area contributed by atoms with E-state index in [4.69, 9.17) is 0 Å². The van der Waals surface area contributed by atoms with Gasteiger partial charge in [-0.3, -0.25) is 14.2 Å². The number of rotatable bonds is 5. The predicted molar refractivity (Wildman–Crippen MR) is 126 cm³/mol. The molecule has 0 saturated carbocycles. The minimum atomic E-state index is -0.706. The van der Waals surface area contributed by atoms with Gasteiger partial charge < -0.3 is 0 Å². The van der Waals surface area contributed by atoms with Crippen LogP contribution in [-0.4, -0.2) is 21.7 Å². The number of aromatic nitrogens is 2. The third kappa shape index (κ3) is 4.32. The van der Waals surface area contributed by atoms with E-state index in [1.807, 2.05) is 12.1 Å². The van der Waals surface area contributed by atoms with Crippen molar-refractivity contribution in [1.29, 1.82) is 0 Å². The summed E-state index contributed by atoms with van der Waals surface area (Å²) in [7, 11) is 0. The molecule has 2 atom stereocenters. The molecule has 0 saturated heterocycles. The summed E-state index contributed by atoms with van der Waals surface area (Å²) in [6.45, 7) is 8.22. The van der Waals surface area contributed by atoms with Crippen molar-refractivity contribution in [2.75, 3.05) is 0 Å². The quantitative estimate of drug-likeness (QED) is 0.475. The molecule has 0 aliphatic heterocycles. The van der Waals surface area contributed by atoms with Gasteiger partial charge in [0.2, 0.25) is 0 Å². The molecule has 7 heteroatoms. The molecule has 0 fully saturated rings. The van der Waals surface area contributed by atoms with Crippen LogP contribution in [0.2, 0.25) is 0 Å². The maximum absolute atomic E-state index is 13.2. The molecular formula is C24H28N4O2S. The van der Waals surface area contributed by atoms with Gasteiger partial charge in [0.1, 0.15) is 10.9 Å². The summed E-state index contributed by atoms with van der Waals surface area (Å²) in [5.74, 6) is 0.746. The first kappa shape index (κ1) is 21.4. The van der Waals surface area contributed by atoms with E-state index in [1.54, 1.807) is 24.5 Å². The standard InChI is InChI=1S/C24H28N4O2S/c1-14(2)18-8-6-17(7-9-18)12-26-27-22(29)16(4)28-13-25-23-21(24(28)30)19-10-5-15(3)11-20(19)31-23/h6-9,12-16H,5,10-11H2,1-4H3,(H,27,29)/t15-,16+/m0/s1. The van der Waals surface area contributed by atoms with Crippen molar-refractivity contribution >= 4 is 33.7 Å². The fraction of sp³-hybridized carbons (Fsp3) is 0.417. The van der Waals surface area contributed by atoms with Gasteiger partial charge in [-0.05, 0) is 54.7 Å². The molecule has 1 amide bonds. The summed E-state index contributed by atoms with van der Waals surface area (Å²) < 4.78 is 1.41. The number of hydrazone groups is 1. The van der Waals surface area contributed by atoms with Gasteiger partial charge in [0.15, 0.2) is 0 Å². The van der Waals surface area contributed by atoms with Gasteiger partial charge in [0.25, 0.3) is 11.5 Å². The van der Waals surface area contributed by atoms with Crippen molar-refractivity contribution in [2.24, 2.45) is 11.0 Å². The lowest BCUT2D eigenvalue weighted by Gasteiger charge is -2.18. The molecule has 1 aromatic carbocycles. The lowest BCUT2D eigenvalue weighted by Crippen LogP contribution is -2.34. The second kappa shape index (κ2) is 8.75. The van der Waals surface area contributed by atoms with Gasteiger partial charge in [0, 0.05) is 4.88 Å². The molecule has 0 bridgehead atoms. The molecule has 4 rings (SSSR count). The smallest absolute Gasteiger partial charge is 0.263 e. The van der Waals surface area contributed by atoms with E-state index in [-0.39, 0.29) is 11.5 Å². The summed E-state index contributed by atoms with van der Waals surface area (Å²) in [5, 5.41) is 4.75. The van der Waals surface area contributed by atoms with Crippen LogP contribution in [0.4, 0.5) is 0 Å². The van der Waals surface area contributed by atoms with Crippen LogP contribution in [0, 0.1) is 5.92 Å². The first-order chi connectivity index (χ1) is 14.8. The number of hydrogen-bond acceptors (Lipinski definition) is 5. The average molecular weight is 437 g/mol. The number of carbonyl (C=O) groups excluding carboxylic acids is 1. The number of aryl methyl sites for hydroxylation is 1. The molecule has 6 nitrogen and oxygen atoms in total. The first-order valence-corrected chi connectivity index (χ1v) is 11.6. The van der Waals surface area contributed by atoms with Gasteiger partial charge in [0.05, 0.1) is 17.9 Å². The van der Waals surface area contributed by atoms with E-state index >= 15 is 0 Å². The first-order valence-electron chi connectivity index (χ1n) is 10.8. The van der Waals surface area contributed by atoms with Crippen molar-refractivity contribution < 1.29 is 4.79 Å². The minimum absolute atomic E-state index is 0.145. The van der Waals surface area contributed by atoms with Crippen LogP contribution in [0.3, 0.4) is 0 Å². The molecule has 1 N–H and O–H groups in total. The molecule has 2 heterocycles. The Morgan fingerprint density at radius 1 is 1.29 bits per heavy atom. The SMILES string of the molecule is CC(C)c1ccc(C=NNC(=O)[C@@H](C)n2cnc3sc4c(c3c2=O)CC[C@H](C)C4)cc1. The zero-order valence-electron chi connectivity index (χ0n) is 18.4. The van der Waals surface area contributed by atoms with E-state index in [2.05, 4.69) is 48.4 Å². The number of hydrogen-bond donors (Lipinski definition) is 1. The van der Waals surface area contributed by atoms with Gasteiger partial charge in [-0.15, -0.1) is 11.3 Å². The molecule has 1 aliphatic carbocycles. The molecule has 0 unspecified atom stereocenters. The molecular weight excluding hydrogens is 408 g/mol. The lowest BCUT2D eigenvalue weighted by molar-refractivity contribution is -0.123. The molecule has 3 aromatic rings. The number of amides is 1. The molecule has 0 spiro atoms. The van der Waals surface area contributed by atoms with Crippen LogP contribution in [0.5, 0.6) is 0 Å². The minimum Gasteiger partial charge on any atom is -0.286 e. The Labute approximate surface area is 186 Å². The number of nitrogens with zero attached hydrogens (tertiary/aromatic N) is 3. The highest BCUT2D eigenvalue weighted by molar-refractivity contribution is 7.18. The molecule has 162 valence electrons. The Morgan fingerprint density at radius 3 is 2.74 bits per heavy atom. The van der Waals surface area contributed by atoms with Crippen LogP contribution in [-0.2, 0) is 17.6 Å². The van der Waals surface area contributed by atoms with Crippen LogP contribution in [0.15, 0.2) is 40.5 Å². The van der Waals surface area contributed by atoms with Crippen LogP contribution in [0.1, 0.15) is 67.6 Å². The van der Waals surface area contributed by atoms with Crippen molar-refractivity contribution in [3.05, 3.63) is 62.5 Å². The van der Waals surface area contributed by atoms with Crippen molar-refractivity contribution in [3.8, 4) is 0 Å². The van der Waals surface area contributed by atoms with E-state index in [0.29, 0.717) is 17.2 Å². The zero-order valence-corrected chi connectivity index (χ0v) is 19.2. The van der Waals surface area contributed by atoms with E-state index < -0.39 is 6.04 Å². The normalized spacial score (nSPS) is 17.3. The van der Waals surface area contributed by atoms with Gasteiger partial charge in [-0.1, -0.05) is 45.0 Å². The number of carbonyl (C=O) groups is 1. The molecule has 0 radical (unpaired) electrons. The molecule has 2 aromatic heterocycles. The topological polar surface area (TPSA) is 76.3 Å². The third-order valence-electron chi connectivity index (χ3n) is 6.03. The number of thiophene rings is 1. The summed E-state index contributed by atoms with van der Waals surface area (Å²) in [6, 6.07) is 7.34. The van der Waals surface area contributed by atoms with Gasteiger partial charge in [-0.25, -0.2) is 10.4 Å². The van der Waals surface area contributed by atoms with E-state index in [9.17, 15) is 9.59 Å². The Morgan fingerprint density at radius 2 is 2.03 bits per heavy atom. The maximum Gasteiger partial charge on any atom is 0.263 e. The number of benzene rings is 1. The highest BCUT2D eigenvalue weighted by Gasteiger charge is 2.25. The number of fused-ring (bicyclic) bond motifs is 3. The second-order valence-electron chi connectivity index (χ2n) is 8.72. The highest BCUT2D eigenvalue weighted by atomic mass is 32.1. The average Bonchev–Trinajstić information content (AvgIpc) is 3.12. The van der Waals surface area contributed by atoms with Crippen LogP contribution < -0.4 is 11.0 Å². The Bertz CT molecular complexity index is 1190. The summed E-state index contributed by atoms with van der Waals surface area (Å²) in [4.78, 5) is 32.3. The number of nitrogens with one attached hydrogen (secondary N) is 1. The maximum atomic E-state index is 13.2. The zero-order chi connectivity index (χ0) is 22.1. The van der Waals surface area contributed by atoms with E-state index in [1.165, 1.54) is 21.3 Å². The Hall–Kier alpha value is -2.80. The Kier molecular flexibility index (Phi) is 6.05. The largest absolute Gasteiger partial charge is 0.286 e. The molecule has 1 aliphatic rings. The van der Waals surface area contributed by atoms with Crippen molar-refractivity contribution in [3.63, 3.8) is 0 Å². The highest BCUT2D eigenvalue weighted by Crippen LogP contribution is 2.35. The van der Waals surface area contributed by atoms with Crippen molar-refractivity contribution in [1.82, 2.24) is 15.0 Å². The van der Waals surface area contributed by atoms with Crippen LogP contribution in [0.25, 0.3) is 10.2 Å². The summed E-state index contributed by atoms with van der Waals surface area (Å²) in [6.07, 6.45) is 6.07. The fourth-order valence-corrected chi connectivity index (χ4v) is 5.32. The van der Waals surface area contributed by atoms with Crippen LogP contribution >= 0.6 is 11.3 Å². The second-order valence-corrected chi connectivity index (χ2v) is 9.80. The monoisotopic (exact) mass is 436 g/mol. The lowest BCUT2D eigenvalue weighted by atomic mass is 9.89. The predicted octanol–water partition coefficient (Wildman–Crippen LogP) is 4.42. The fourth-order valence-electron chi connectivity index (χ4n) is 3.98. The molecule has 31 heavy (non-hydrogen) atoms. The Balaban J connectivity index is 1.51. The summed E-state index contributed by atoms with van der Waals surface area (Å²) >= 11 is 1.61. The van der Waals surface area contributed by atoms with E-state index in [0.717, 1.165) is 35.2 Å². The summed E-state index contributed by atoms with van der Waals surface area (Å²) in [5.41, 5.74) is 5.68. The van der Waals surface area contributed by atoms with Crippen molar-refractivity contribution in [2.45, 2.75) is 58.9 Å². The van der Waals surface area contributed by atoms with Gasteiger partial charge in [-0.2, -0.15) is 5.10 Å². The third-order valence-corrected chi connectivity index (χ3v) is 7.19.